The predicted molar refractivity (Wildman–Crippen MR) is 282 cm³/mol. The molecule has 19 N–H and O–H groups in total. The summed E-state index contributed by atoms with van der Waals surface area (Å²) in [5.41, 5.74) is 16.7. The number of hydrogen-bond donors (Lipinski definition) is 16. The highest BCUT2D eigenvalue weighted by Crippen LogP contribution is 2.13. The number of nitrogens with two attached hydrogens (primary N) is 3. The number of amides is 11. The number of aromatic amines is 1. The van der Waals surface area contributed by atoms with E-state index in [2.05, 4.69) is 63.1 Å². The van der Waals surface area contributed by atoms with E-state index in [0.29, 0.717) is 25.1 Å². The molecule has 0 aliphatic heterocycles. The number of rotatable bonds is 36. The van der Waals surface area contributed by atoms with Crippen molar-refractivity contribution < 1.29 is 67.7 Å². The Kier molecular flexibility index (Phi) is 30.4. The van der Waals surface area contributed by atoms with Gasteiger partial charge < -0.3 is 85.6 Å². The molecule has 1 heterocycles. The van der Waals surface area contributed by atoms with Crippen molar-refractivity contribution in [1.82, 2.24) is 63.1 Å². The molecule has 0 aliphatic rings. The first-order chi connectivity index (χ1) is 36.4. The number of aliphatic carboxylic acids is 1. The summed E-state index contributed by atoms with van der Waals surface area (Å²) in [6.45, 7) is 15.0. The highest BCUT2D eigenvalue weighted by molar-refractivity contribution is 5.99. The third kappa shape index (κ3) is 25.3. The molecule has 1 aromatic heterocycles. The van der Waals surface area contributed by atoms with Crippen LogP contribution in [0.4, 0.5) is 0 Å². The van der Waals surface area contributed by atoms with Crippen LogP contribution in [0.5, 0.6) is 0 Å². The summed E-state index contributed by atoms with van der Waals surface area (Å²) in [5.74, 6) is -12.2. The number of nitrogens with one attached hydrogen (secondary N) is 11. The van der Waals surface area contributed by atoms with Crippen LogP contribution >= 0.6 is 0 Å². The molecule has 0 spiro atoms. The molecule has 78 heavy (non-hydrogen) atoms. The normalized spacial score (nSPS) is 15.1. The van der Waals surface area contributed by atoms with Gasteiger partial charge in [0, 0.05) is 18.3 Å². The van der Waals surface area contributed by atoms with Crippen molar-refractivity contribution in [2.45, 2.75) is 175 Å². The van der Waals surface area contributed by atoms with Gasteiger partial charge in [-0.15, -0.1) is 0 Å². The molecule has 0 saturated heterocycles. The monoisotopic (exact) mass is 1110 g/mol. The second-order valence-electron chi connectivity index (χ2n) is 20.6. The molecule has 0 unspecified atom stereocenters. The number of hydrogen-bond acceptors (Lipinski definition) is 16. The van der Waals surface area contributed by atoms with E-state index < -0.39 is 163 Å². The maximum absolute atomic E-state index is 13.9. The van der Waals surface area contributed by atoms with Crippen LogP contribution in [-0.2, 0) is 64.0 Å². The predicted octanol–water partition coefficient (Wildman–Crippen LogP) is -4.72. The molecule has 0 fully saturated rings. The average molecular weight is 1110 g/mol. The number of imidazole rings is 1. The Morgan fingerprint density at radius 2 is 1.03 bits per heavy atom. The van der Waals surface area contributed by atoms with Crippen LogP contribution in [0.1, 0.15) is 113 Å². The summed E-state index contributed by atoms with van der Waals surface area (Å²) < 4.78 is 0. The Hall–Kier alpha value is -7.27. The molecule has 0 saturated carbocycles. The molecule has 29 nitrogen and oxygen atoms in total. The highest BCUT2D eigenvalue weighted by Gasteiger charge is 2.36. The Morgan fingerprint density at radius 1 is 0.564 bits per heavy atom. The van der Waals surface area contributed by atoms with Crippen molar-refractivity contribution in [3.63, 3.8) is 0 Å². The van der Waals surface area contributed by atoms with Crippen LogP contribution in [0.25, 0.3) is 0 Å². The number of carboxylic acid groups (broad SMARTS) is 1. The molecule has 0 radical (unpaired) electrons. The van der Waals surface area contributed by atoms with E-state index in [-0.39, 0.29) is 37.5 Å². The van der Waals surface area contributed by atoms with Gasteiger partial charge in [0.25, 0.3) is 0 Å². The first-order valence-corrected chi connectivity index (χ1v) is 26.0. The molecule has 29 heteroatoms. The van der Waals surface area contributed by atoms with Gasteiger partial charge in [0.05, 0.1) is 31.9 Å². The van der Waals surface area contributed by atoms with Crippen LogP contribution in [-0.4, -0.2) is 171 Å². The summed E-state index contributed by atoms with van der Waals surface area (Å²) in [6, 6.07) is -13.2. The SMILES string of the molecule is CC(C)C[C@H](NC(=O)[C@H](CC(C)C)NC(=O)[C@@H](NC(=O)[C@@H](NC(=O)[C@H](C)NC(=O)CNC(=O)[C@H](CO)NC(=O)[C@H](Cc1cnc[nH]1)NC(=O)[C@H](CC(N)=O)NC(=O)[C@H](C)N)C(C)C)C(C)C)C(=O)N[C@@H](CCCCN)C(=O)O. The van der Waals surface area contributed by atoms with Gasteiger partial charge in [-0.25, -0.2) is 9.78 Å². The topological polar surface area (TPSA) is 472 Å². The summed E-state index contributed by atoms with van der Waals surface area (Å²) in [6.07, 6.45) is 3.12. The van der Waals surface area contributed by atoms with Crippen molar-refractivity contribution in [3.05, 3.63) is 18.2 Å². The van der Waals surface area contributed by atoms with Crippen molar-refractivity contribution >= 4 is 70.9 Å². The molecule has 1 aromatic rings. The minimum Gasteiger partial charge on any atom is -0.480 e. The third-order valence-corrected chi connectivity index (χ3v) is 11.8. The Bertz CT molecular complexity index is 2190. The van der Waals surface area contributed by atoms with Crippen LogP contribution in [0.3, 0.4) is 0 Å². The lowest BCUT2D eigenvalue weighted by molar-refractivity contribution is -0.142. The van der Waals surface area contributed by atoms with Crippen LogP contribution < -0.4 is 70.4 Å². The zero-order chi connectivity index (χ0) is 59.6. The number of aromatic nitrogens is 2. The van der Waals surface area contributed by atoms with Gasteiger partial charge in [0.15, 0.2) is 0 Å². The Morgan fingerprint density at radius 3 is 1.49 bits per heavy atom. The standard InChI is InChI=1S/C49H85N15O14/c1-23(2)15-31(43(71)57-30(49(77)78)13-11-12-14-50)59-44(72)32(16-24(3)4)61-47(75)38(25(5)6)64-48(76)39(26(7)8)63-41(69)28(10)56-37(67)20-54-42(70)35(21-65)62-45(73)33(17-29-19-53-22-55-29)60-46(74)34(18-36(52)66)58-40(68)27(9)51/h19,22-28,30-35,38-39,65H,11-18,20-21,50-51H2,1-10H3,(H2,52,66)(H,53,55)(H,54,70)(H,56,67)(H,57,71)(H,58,68)(H,59,72)(H,60,74)(H,61,75)(H,62,73)(H,63,69)(H,64,76)(H,77,78)/t27-,28-,30-,31-,32-,33-,34-,35-,38-,39-/m0/s1. The lowest BCUT2D eigenvalue weighted by Gasteiger charge is -2.30. The molecule has 11 amide bonds. The van der Waals surface area contributed by atoms with Gasteiger partial charge in [-0.3, -0.25) is 52.7 Å². The van der Waals surface area contributed by atoms with Gasteiger partial charge in [0.1, 0.15) is 54.4 Å². The van der Waals surface area contributed by atoms with E-state index in [1.165, 1.54) is 26.4 Å². The van der Waals surface area contributed by atoms with Crippen LogP contribution in [0.2, 0.25) is 0 Å². The van der Waals surface area contributed by atoms with E-state index in [1.54, 1.807) is 27.7 Å². The first kappa shape index (κ1) is 68.7. The number of carbonyl (C=O) groups excluding carboxylic acids is 11. The van der Waals surface area contributed by atoms with E-state index in [1.807, 2.05) is 27.7 Å². The largest absolute Gasteiger partial charge is 0.480 e. The second-order valence-corrected chi connectivity index (χ2v) is 20.6. The zero-order valence-electron chi connectivity index (χ0n) is 46.3. The minimum atomic E-state index is -1.69. The van der Waals surface area contributed by atoms with Crippen LogP contribution in [0.15, 0.2) is 12.5 Å². The van der Waals surface area contributed by atoms with Gasteiger partial charge in [-0.2, -0.15) is 0 Å². The van der Waals surface area contributed by atoms with E-state index in [0.717, 1.165) is 0 Å². The lowest BCUT2D eigenvalue weighted by atomic mass is 9.97. The number of primary amides is 1. The number of aliphatic hydroxyl groups is 1. The molecule has 0 aromatic carbocycles. The molecular weight excluding hydrogens is 1020 g/mol. The number of nitrogens with zero attached hydrogens (tertiary/aromatic N) is 1. The second kappa shape index (κ2) is 34.5. The molecule has 0 bridgehead atoms. The summed E-state index contributed by atoms with van der Waals surface area (Å²) in [5, 5.41) is 44.4. The first-order valence-electron chi connectivity index (χ1n) is 26.0. The fraction of sp³-hybridized carbons (Fsp3) is 0.694. The lowest BCUT2D eigenvalue weighted by Crippen LogP contribution is -2.61. The molecule has 0 aliphatic carbocycles. The van der Waals surface area contributed by atoms with Gasteiger partial charge in [-0.05, 0) is 76.2 Å². The summed E-state index contributed by atoms with van der Waals surface area (Å²) in [4.78, 5) is 164. The number of unbranched alkanes of at least 4 members (excludes halogenated alkanes) is 1. The number of H-pyrrole nitrogens is 1. The maximum Gasteiger partial charge on any atom is 0.326 e. The summed E-state index contributed by atoms with van der Waals surface area (Å²) >= 11 is 0. The van der Waals surface area contributed by atoms with Gasteiger partial charge >= 0.3 is 5.97 Å². The smallest absolute Gasteiger partial charge is 0.326 e. The fourth-order valence-corrected chi connectivity index (χ4v) is 7.48. The minimum absolute atomic E-state index is 0.107. The maximum atomic E-state index is 13.9. The number of carbonyl (C=O) groups is 12. The third-order valence-electron chi connectivity index (χ3n) is 11.8. The number of aliphatic hydroxyl groups excluding tert-OH is 1. The summed E-state index contributed by atoms with van der Waals surface area (Å²) in [7, 11) is 0. The Balaban J connectivity index is 3.09. The van der Waals surface area contributed by atoms with Crippen LogP contribution in [0, 0.1) is 23.7 Å². The molecule has 440 valence electrons. The highest BCUT2D eigenvalue weighted by atomic mass is 16.4. The van der Waals surface area contributed by atoms with Gasteiger partial charge in [0.2, 0.25) is 65.0 Å². The van der Waals surface area contributed by atoms with E-state index in [4.69, 9.17) is 17.2 Å². The molecular formula is C49H85N15O14. The van der Waals surface area contributed by atoms with Crippen molar-refractivity contribution in [2.24, 2.45) is 40.9 Å². The van der Waals surface area contributed by atoms with Crippen molar-refractivity contribution in [1.29, 1.82) is 0 Å². The van der Waals surface area contributed by atoms with Crippen molar-refractivity contribution in [2.75, 3.05) is 19.7 Å². The zero-order valence-corrected chi connectivity index (χ0v) is 46.3. The van der Waals surface area contributed by atoms with Crippen molar-refractivity contribution in [3.8, 4) is 0 Å². The quantitative estimate of drug-likeness (QED) is 0.0281. The Labute approximate surface area is 454 Å². The van der Waals surface area contributed by atoms with E-state index >= 15 is 0 Å². The fourth-order valence-electron chi connectivity index (χ4n) is 7.48. The number of carboxylic acids is 1. The molecule has 10 atom stereocenters. The average Bonchev–Trinajstić information content (AvgIpc) is 3.86. The van der Waals surface area contributed by atoms with Gasteiger partial charge in [-0.1, -0.05) is 55.4 Å². The molecule has 1 rings (SSSR count). The van der Waals surface area contributed by atoms with E-state index in [9.17, 15) is 67.7 Å².